The Morgan fingerprint density at radius 1 is 1.00 bits per heavy atom. The van der Waals surface area contributed by atoms with Crippen molar-refractivity contribution in [1.82, 2.24) is 20.2 Å². The van der Waals surface area contributed by atoms with Crippen molar-refractivity contribution in [2.45, 2.75) is 18.9 Å². The Kier molecular flexibility index (Phi) is 4.80. The van der Waals surface area contributed by atoms with E-state index in [4.69, 9.17) is 0 Å². The van der Waals surface area contributed by atoms with Gasteiger partial charge in [-0.3, -0.25) is 9.36 Å². The van der Waals surface area contributed by atoms with Crippen LogP contribution in [0.3, 0.4) is 0 Å². The van der Waals surface area contributed by atoms with Crippen LogP contribution >= 0.6 is 0 Å². The molecule has 2 heterocycles. The van der Waals surface area contributed by atoms with Crippen molar-refractivity contribution in [2.75, 3.05) is 13.1 Å². The van der Waals surface area contributed by atoms with Crippen LogP contribution in [0, 0.1) is 0 Å². The second-order valence-electron chi connectivity index (χ2n) is 6.52. The van der Waals surface area contributed by atoms with Crippen LogP contribution in [0.4, 0.5) is 0 Å². The lowest BCUT2D eigenvalue weighted by molar-refractivity contribution is 0.0925. The predicted molar refractivity (Wildman–Crippen MR) is 102 cm³/mol. The zero-order valence-corrected chi connectivity index (χ0v) is 14.6. The van der Waals surface area contributed by atoms with Crippen LogP contribution in [0.25, 0.3) is 17.1 Å². The number of imidazole rings is 1. The van der Waals surface area contributed by atoms with Crippen molar-refractivity contribution < 1.29 is 4.79 Å². The van der Waals surface area contributed by atoms with Gasteiger partial charge < -0.3 is 10.6 Å². The molecule has 5 heteroatoms. The Morgan fingerprint density at radius 2 is 1.65 bits per heavy atom. The molecule has 0 saturated carbocycles. The molecular weight excluding hydrogens is 324 g/mol. The summed E-state index contributed by atoms with van der Waals surface area (Å²) in [5.41, 5.74) is 2.42. The molecular formula is C21H22N4O. The smallest absolute Gasteiger partial charge is 0.271 e. The van der Waals surface area contributed by atoms with E-state index in [1.54, 1.807) is 0 Å². The highest BCUT2D eigenvalue weighted by atomic mass is 16.2. The zero-order chi connectivity index (χ0) is 17.8. The summed E-state index contributed by atoms with van der Waals surface area (Å²) >= 11 is 0. The number of carbonyl (C=O) groups excluding carboxylic acids is 1. The molecule has 3 aromatic rings. The number of rotatable bonds is 4. The van der Waals surface area contributed by atoms with Gasteiger partial charge in [-0.2, -0.15) is 0 Å². The molecule has 0 spiro atoms. The Balaban J connectivity index is 1.68. The van der Waals surface area contributed by atoms with E-state index in [1.807, 2.05) is 71.4 Å². The molecule has 1 aromatic heterocycles. The summed E-state index contributed by atoms with van der Waals surface area (Å²) in [5, 5.41) is 6.44. The van der Waals surface area contributed by atoms with Crippen LogP contribution in [-0.4, -0.2) is 34.6 Å². The lowest BCUT2D eigenvalue weighted by Crippen LogP contribution is -2.42. The first-order valence-electron chi connectivity index (χ1n) is 9.03. The molecule has 5 nitrogen and oxygen atoms in total. The third kappa shape index (κ3) is 3.53. The fourth-order valence-electron chi connectivity index (χ4n) is 3.29. The molecule has 1 aliphatic rings. The molecule has 1 fully saturated rings. The summed E-state index contributed by atoms with van der Waals surface area (Å²) in [4.78, 5) is 17.4. The van der Waals surface area contributed by atoms with E-state index in [-0.39, 0.29) is 11.9 Å². The van der Waals surface area contributed by atoms with Crippen LogP contribution in [0.1, 0.15) is 23.3 Å². The largest absolute Gasteiger partial charge is 0.348 e. The minimum absolute atomic E-state index is 0.108. The van der Waals surface area contributed by atoms with Gasteiger partial charge in [0, 0.05) is 23.5 Å². The fourth-order valence-corrected chi connectivity index (χ4v) is 3.29. The van der Waals surface area contributed by atoms with Gasteiger partial charge in [-0.05, 0) is 38.1 Å². The molecule has 0 aliphatic carbocycles. The van der Waals surface area contributed by atoms with Crippen molar-refractivity contribution in [3.8, 4) is 17.1 Å². The third-order valence-corrected chi connectivity index (χ3v) is 4.68. The van der Waals surface area contributed by atoms with E-state index in [2.05, 4.69) is 15.6 Å². The molecule has 2 N–H and O–H groups in total. The van der Waals surface area contributed by atoms with Crippen LogP contribution in [-0.2, 0) is 0 Å². The number of hydrogen-bond donors (Lipinski definition) is 2. The number of para-hydroxylation sites is 1. The van der Waals surface area contributed by atoms with Crippen molar-refractivity contribution in [3.05, 3.63) is 72.6 Å². The highest BCUT2D eigenvalue weighted by Gasteiger charge is 2.20. The van der Waals surface area contributed by atoms with Gasteiger partial charge >= 0.3 is 0 Å². The molecule has 1 aliphatic heterocycles. The van der Waals surface area contributed by atoms with Crippen molar-refractivity contribution in [2.24, 2.45) is 0 Å². The molecule has 0 unspecified atom stereocenters. The van der Waals surface area contributed by atoms with E-state index in [9.17, 15) is 4.79 Å². The van der Waals surface area contributed by atoms with E-state index in [0.29, 0.717) is 5.69 Å². The minimum atomic E-state index is -0.108. The van der Waals surface area contributed by atoms with Crippen molar-refractivity contribution in [3.63, 3.8) is 0 Å². The van der Waals surface area contributed by atoms with Crippen molar-refractivity contribution >= 4 is 5.91 Å². The summed E-state index contributed by atoms with van der Waals surface area (Å²) in [6.45, 7) is 1.89. The topological polar surface area (TPSA) is 59.0 Å². The third-order valence-electron chi connectivity index (χ3n) is 4.68. The second-order valence-corrected chi connectivity index (χ2v) is 6.52. The normalized spacial score (nSPS) is 14.9. The highest BCUT2D eigenvalue weighted by molar-refractivity contribution is 5.93. The van der Waals surface area contributed by atoms with Crippen molar-refractivity contribution in [1.29, 1.82) is 0 Å². The molecule has 0 atom stereocenters. The SMILES string of the molecule is O=C(NC1CCNCC1)c1cn(-c2ccccc2)c(-c2ccccc2)n1. The van der Waals surface area contributed by atoms with Crippen LogP contribution < -0.4 is 10.6 Å². The maximum atomic E-state index is 12.7. The second kappa shape index (κ2) is 7.54. The summed E-state index contributed by atoms with van der Waals surface area (Å²) < 4.78 is 1.98. The van der Waals surface area contributed by atoms with Gasteiger partial charge in [0.05, 0.1) is 0 Å². The van der Waals surface area contributed by atoms with Gasteiger partial charge in [-0.15, -0.1) is 0 Å². The molecule has 1 saturated heterocycles. The quantitative estimate of drug-likeness (QED) is 0.763. The highest BCUT2D eigenvalue weighted by Crippen LogP contribution is 2.23. The van der Waals surface area contributed by atoms with E-state index in [0.717, 1.165) is 43.0 Å². The summed E-state index contributed by atoms with van der Waals surface area (Å²) in [5.74, 6) is 0.663. The molecule has 4 rings (SSSR count). The Morgan fingerprint density at radius 3 is 2.35 bits per heavy atom. The lowest BCUT2D eigenvalue weighted by atomic mass is 10.1. The van der Waals surface area contributed by atoms with Gasteiger partial charge in [0.2, 0.25) is 0 Å². The number of aromatic nitrogens is 2. The molecule has 2 aromatic carbocycles. The lowest BCUT2D eigenvalue weighted by Gasteiger charge is -2.23. The maximum Gasteiger partial charge on any atom is 0.271 e. The van der Waals surface area contributed by atoms with Gasteiger partial charge in [-0.1, -0.05) is 48.5 Å². The Hall–Kier alpha value is -2.92. The summed E-state index contributed by atoms with van der Waals surface area (Å²) in [6, 6.07) is 20.2. The number of benzene rings is 2. The average Bonchev–Trinajstić information content (AvgIpc) is 3.16. The first-order chi connectivity index (χ1) is 12.8. The van der Waals surface area contributed by atoms with Gasteiger partial charge in [0.1, 0.15) is 11.5 Å². The van der Waals surface area contributed by atoms with E-state index < -0.39 is 0 Å². The number of piperidine rings is 1. The van der Waals surface area contributed by atoms with Crippen LogP contribution in [0.5, 0.6) is 0 Å². The minimum Gasteiger partial charge on any atom is -0.348 e. The molecule has 132 valence electrons. The van der Waals surface area contributed by atoms with Crippen LogP contribution in [0.15, 0.2) is 66.9 Å². The summed E-state index contributed by atoms with van der Waals surface area (Å²) in [6.07, 6.45) is 3.74. The Labute approximate surface area is 153 Å². The van der Waals surface area contributed by atoms with E-state index >= 15 is 0 Å². The first kappa shape index (κ1) is 16.5. The maximum absolute atomic E-state index is 12.7. The molecule has 26 heavy (non-hydrogen) atoms. The predicted octanol–water partition coefficient (Wildman–Crippen LogP) is 3.02. The monoisotopic (exact) mass is 346 g/mol. The average molecular weight is 346 g/mol. The molecule has 0 bridgehead atoms. The number of hydrogen-bond acceptors (Lipinski definition) is 3. The van der Waals surface area contributed by atoms with Gasteiger partial charge in [0.25, 0.3) is 5.91 Å². The molecule has 1 amide bonds. The number of nitrogens with one attached hydrogen (secondary N) is 2. The fraction of sp³-hybridized carbons (Fsp3) is 0.238. The van der Waals surface area contributed by atoms with Gasteiger partial charge in [0.15, 0.2) is 0 Å². The summed E-state index contributed by atoms with van der Waals surface area (Å²) in [7, 11) is 0. The van der Waals surface area contributed by atoms with Gasteiger partial charge in [-0.25, -0.2) is 4.98 Å². The number of nitrogens with zero attached hydrogens (tertiary/aromatic N) is 2. The molecule has 0 radical (unpaired) electrons. The number of carbonyl (C=O) groups is 1. The first-order valence-corrected chi connectivity index (χ1v) is 9.03. The number of amides is 1. The van der Waals surface area contributed by atoms with E-state index in [1.165, 1.54) is 0 Å². The van der Waals surface area contributed by atoms with Crippen LogP contribution in [0.2, 0.25) is 0 Å². The zero-order valence-electron chi connectivity index (χ0n) is 14.6. The standard InChI is InChI=1S/C21H22N4O/c26-21(23-17-11-13-22-14-12-17)19-15-25(18-9-5-2-6-10-18)20(24-19)16-7-3-1-4-8-16/h1-10,15,17,22H,11-14H2,(H,23,26). The Bertz CT molecular complexity index is 811.